The summed E-state index contributed by atoms with van der Waals surface area (Å²) in [5, 5.41) is 0. The Balaban J connectivity index is 0. The van der Waals surface area contributed by atoms with Crippen LogP contribution in [0.2, 0.25) is 0 Å². The maximum atomic E-state index is 11.0. The standard InChI is InChI=1S/C8H14N2O3.2C2H6/c1-7(11)9-3-5-10(6-4-9)8(12)13-2;2*1-2/h3-6H2,1-2H3;2*1-2H3. The van der Waals surface area contributed by atoms with E-state index in [0.717, 1.165) is 0 Å². The van der Waals surface area contributed by atoms with E-state index < -0.39 is 0 Å². The minimum absolute atomic E-state index is 0.0597. The van der Waals surface area contributed by atoms with Crippen molar-refractivity contribution in [2.75, 3.05) is 33.3 Å². The Morgan fingerprint density at radius 2 is 1.24 bits per heavy atom. The number of carbonyl (C=O) groups is 2. The van der Waals surface area contributed by atoms with Crippen LogP contribution in [0.1, 0.15) is 34.6 Å². The molecule has 1 rings (SSSR count). The summed E-state index contributed by atoms with van der Waals surface area (Å²) in [5.74, 6) is 0.0597. The fourth-order valence-electron chi connectivity index (χ4n) is 1.33. The van der Waals surface area contributed by atoms with Crippen LogP contribution in [0, 0.1) is 0 Å². The summed E-state index contributed by atoms with van der Waals surface area (Å²) in [4.78, 5) is 25.3. The highest BCUT2D eigenvalue weighted by Gasteiger charge is 2.22. The van der Waals surface area contributed by atoms with Crippen molar-refractivity contribution in [1.29, 1.82) is 0 Å². The van der Waals surface area contributed by atoms with E-state index in [9.17, 15) is 9.59 Å². The molecule has 0 aromatic carbocycles. The van der Waals surface area contributed by atoms with Gasteiger partial charge in [0.1, 0.15) is 0 Å². The average Bonchev–Trinajstić information content (AvgIpc) is 2.42. The fourth-order valence-corrected chi connectivity index (χ4v) is 1.33. The van der Waals surface area contributed by atoms with Gasteiger partial charge in [-0.05, 0) is 0 Å². The number of piperazine rings is 1. The molecule has 5 nitrogen and oxygen atoms in total. The number of hydrogen-bond acceptors (Lipinski definition) is 3. The summed E-state index contributed by atoms with van der Waals surface area (Å²) < 4.78 is 4.57. The van der Waals surface area contributed by atoms with Crippen LogP contribution in [-0.4, -0.2) is 55.1 Å². The molecule has 1 fully saturated rings. The minimum Gasteiger partial charge on any atom is -0.453 e. The zero-order valence-corrected chi connectivity index (χ0v) is 11.9. The number of hydrogen-bond donors (Lipinski definition) is 0. The van der Waals surface area contributed by atoms with Crippen LogP contribution in [-0.2, 0) is 9.53 Å². The summed E-state index contributed by atoms with van der Waals surface area (Å²) in [6.45, 7) is 11.9. The van der Waals surface area contributed by atoms with E-state index in [1.54, 1.807) is 9.80 Å². The second-order valence-corrected chi connectivity index (χ2v) is 2.96. The fraction of sp³-hybridized carbons (Fsp3) is 0.833. The van der Waals surface area contributed by atoms with E-state index in [-0.39, 0.29) is 12.0 Å². The Hall–Kier alpha value is -1.26. The van der Waals surface area contributed by atoms with Gasteiger partial charge in [-0.2, -0.15) is 0 Å². The third kappa shape index (κ3) is 6.81. The number of ether oxygens (including phenoxy) is 1. The highest BCUT2D eigenvalue weighted by Crippen LogP contribution is 2.02. The summed E-state index contributed by atoms with van der Waals surface area (Å²) in [7, 11) is 1.36. The molecule has 5 heteroatoms. The molecule has 17 heavy (non-hydrogen) atoms. The van der Waals surface area contributed by atoms with Crippen LogP contribution in [0.3, 0.4) is 0 Å². The predicted octanol–water partition coefficient (Wildman–Crippen LogP) is 1.97. The Bertz CT molecular complexity index is 212. The van der Waals surface area contributed by atoms with Crippen molar-refractivity contribution in [2.24, 2.45) is 0 Å². The maximum absolute atomic E-state index is 11.0. The molecule has 1 aliphatic heterocycles. The zero-order chi connectivity index (χ0) is 13.8. The third-order valence-corrected chi connectivity index (χ3v) is 2.16. The zero-order valence-electron chi connectivity index (χ0n) is 11.9. The van der Waals surface area contributed by atoms with Gasteiger partial charge < -0.3 is 14.5 Å². The second kappa shape index (κ2) is 11.2. The maximum Gasteiger partial charge on any atom is 0.409 e. The summed E-state index contributed by atoms with van der Waals surface area (Å²) in [6, 6.07) is 0. The molecule has 2 amide bonds. The van der Waals surface area contributed by atoms with E-state index in [1.807, 2.05) is 27.7 Å². The second-order valence-electron chi connectivity index (χ2n) is 2.96. The molecule has 102 valence electrons. The van der Waals surface area contributed by atoms with Gasteiger partial charge in [0.05, 0.1) is 7.11 Å². The molecule has 0 saturated carbocycles. The smallest absolute Gasteiger partial charge is 0.409 e. The van der Waals surface area contributed by atoms with E-state index in [4.69, 9.17) is 0 Å². The third-order valence-electron chi connectivity index (χ3n) is 2.16. The van der Waals surface area contributed by atoms with Crippen molar-refractivity contribution in [2.45, 2.75) is 34.6 Å². The first kappa shape index (κ1) is 18.1. The SMILES string of the molecule is CC.CC.COC(=O)N1CCN(C(C)=O)CC1. The molecule has 0 spiro atoms. The van der Waals surface area contributed by atoms with Gasteiger partial charge in [0.2, 0.25) is 5.91 Å². The first-order chi connectivity index (χ1) is 8.15. The molecule has 0 aromatic rings. The Kier molecular flexibility index (Phi) is 12.0. The molecule has 0 aliphatic carbocycles. The Morgan fingerprint density at radius 3 is 1.53 bits per heavy atom. The molecule has 0 bridgehead atoms. The van der Waals surface area contributed by atoms with Gasteiger partial charge in [0.25, 0.3) is 0 Å². The molecule has 0 N–H and O–H groups in total. The molecule has 1 saturated heterocycles. The summed E-state index contributed by atoms with van der Waals surface area (Å²) >= 11 is 0. The van der Waals surface area contributed by atoms with Crippen molar-refractivity contribution in [3.05, 3.63) is 0 Å². The predicted molar refractivity (Wildman–Crippen MR) is 68.9 cm³/mol. The van der Waals surface area contributed by atoms with Gasteiger partial charge in [0.15, 0.2) is 0 Å². The van der Waals surface area contributed by atoms with Crippen LogP contribution in [0.15, 0.2) is 0 Å². The Morgan fingerprint density at radius 1 is 0.882 bits per heavy atom. The number of amides is 2. The van der Waals surface area contributed by atoms with Gasteiger partial charge in [-0.1, -0.05) is 27.7 Å². The molecule has 0 radical (unpaired) electrons. The summed E-state index contributed by atoms with van der Waals surface area (Å²) in [6.07, 6.45) is -0.316. The lowest BCUT2D eigenvalue weighted by Crippen LogP contribution is -2.50. The van der Waals surface area contributed by atoms with Crippen LogP contribution in [0.5, 0.6) is 0 Å². The van der Waals surface area contributed by atoms with Crippen LogP contribution in [0.25, 0.3) is 0 Å². The topological polar surface area (TPSA) is 49.9 Å². The minimum atomic E-state index is -0.316. The molecular weight excluding hydrogens is 220 g/mol. The first-order valence-corrected chi connectivity index (χ1v) is 6.23. The lowest BCUT2D eigenvalue weighted by atomic mass is 10.3. The number of nitrogens with zero attached hydrogens (tertiary/aromatic N) is 2. The average molecular weight is 246 g/mol. The monoisotopic (exact) mass is 246 g/mol. The van der Waals surface area contributed by atoms with Gasteiger partial charge in [-0.3, -0.25) is 4.79 Å². The number of rotatable bonds is 0. The van der Waals surface area contributed by atoms with Crippen molar-refractivity contribution >= 4 is 12.0 Å². The van der Waals surface area contributed by atoms with Crippen LogP contribution in [0.4, 0.5) is 4.79 Å². The van der Waals surface area contributed by atoms with Gasteiger partial charge in [-0.15, -0.1) is 0 Å². The highest BCUT2D eigenvalue weighted by atomic mass is 16.5. The van der Waals surface area contributed by atoms with E-state index in [0.29, 0.717) is 26.2 Å². The van der Waals surface area contributed by atoms with Crippen molar-refractivity contribution in [3.63, 3.8) is 0 Å². The highest BCUT2D eigenvalue weighted by molar-refractivity contribution is 5.74. The van der Waals surface area contributed by atoms with Crippen LogP contribution < -0.4 is 0 Å². The van der Waals surface area contributed by atoms with Gasteiger partial charge >= 0.3 is 6.09 Å². The van der Waals surface area contributed by atoms with Crippen molar-refractivity contribution < 1.29 is 14.3 Å². The van der Waals surface area contributed by atoms with Gasteiger partial charge in [-0.25, -0.2) is 4.79 Å². The largest absolute Gasteiger partial charge is 0.453 e. The lowest BCUT2D eigenvalue weighted by molar-refractivity contribution is -0.130. The van der Waals surface area contributed by atoms with Crippen molar-refractivity contribution in [3.8, 4) is 0 Å². The number of methoxy groups -OCH3 is 1. The molecule has 0 atom stereocenters. The van der Waals surface area contributed by atoms with Crippen LogP contribution >= 0.6 is 0 Å². The Labute approximate surface area is 105 Å². The number of carbonyl (C=O) groups excluding carboxylic acids is 2. The van der Waals surface area contributed by atoms with E-state index in [2.05, 4.69) is 4.74 Å². The molecular formula is C12H26N2O3. The van der Waals surface area contributed by atoms with E-state index >= 15 is 0 Å². The first-order valence-electron chi connectivity index (χ1n) is 6.23. The molecule has 1 heterocycles. The van der Waals surface area contributed by atoms with Gasteiger partial charge in [0, 0.05) is 33.1 Å². The molecule has 0 aromatic heterocycles. The van der Waals surface area contributed by atoms with Crippen molar-refractivity contribution in [1.82, 2.24) is 9.80 Å². The quantitative estimate of drug-likeness (QED) is 0.656. The molecule has 1 aliphatic rings. The molecule has 0 unspecified atom stereocenters. The normalized spacial score (nSPS) is 13.8. The van der Waals surface area contributed by atoms with E-state index in [1.165, 1.54) is 14.0 Å². The summed E-state index contributed by atoms with van der Waals surface area (Å²) in [5.41, 5.74) is 0. The lowest BCUT2D eigenvalue weighted by Gasteiger charge is -2.33.